The topological polar surface area (TPSA) is 49.9 Å². The van der Waals surface area contributed by atoms with E-state index in [2.05, 4.69) is 9.80 Å². The van der Waals surface area contributed by atoms with Crippen molar-refractivity contribution in [3.63, 3.8) is 0 Å². The Kier molecular flexibility index (Phi) is 6.49. The number of amides is 1. The van der Waals surface area contributed by atoms with E-state index in [-0.39, 0.29) is 5.97 Å². The highest BCUT2D eigenvalue weighted by atomic mass is 16.5. The molecule has 1 amide bonds. The SMILES string of the molecule is CCOC(=O)CCCCN1CCC(N2CCCC2=O)CC1. The first-order chi connectivity index (χ1) is 10.2. The van der Waals surface area contributed by atoms with E-state index in [4.69, 9.17) is 4.74 Å². The molecule has 2 heterocycles. The lowest BCUT2D eigenvalue weighted by Crippen LogP contribution is -2.45. The predicted octanol–water partition coefficient (Wildman–Crippen LogP) is 1.81. The molecule has 0 unspecified atom stereocenters. The van der Waals surface area contributed by atoms with Gasteiger partial charge in [0, 0.05) is 38.5 Å². The van der Waals surface area contributed by atoms with Crippen LogP contribution in [-0.2, 0) is 14.3 Å². The maximum atomic E-state index is 11.8. The highest BCUT2D eigenvalue weighted by Crippen LogP contribution is 2.22. The van der Waals surface area contributed by atoms with Gasteiger partial charge < -0.3 is 14.5 Å². The van der Waals surface area contributed by atoms with Crippen LogP contribution in [0.4, 0.5) is 0 Å². The predicted molar refractivity (Wildman–Crippen MR) is 80.9 cm³/mol. The molecule has 120 valence electrons. The number of piperidine rings is 1. The fraction of sp³-hybridized carbons (Fsp3) is 0.875. The largest absolute Gasteiger partial charge is 0.466 e. The zero-order chi connectivity index (χ0) is 15.1. The van der Waals surface area contributed by atoms with Crippen LogP contribution in [0, 0.1) is 0 Å². The molecule has 2 fully saturated rings. The van der Waals surface area contributed by atoms with Crippen molar-refractivity contribution in [2.75, 3.05) is 32.8 Å². The molecule has 2 aliphatic rings. The van der Waals surface area contributed by atoms with Crippen LogP contribution >= 0.6 is 0 Å². The van der Waals surface area contributed by atoms with E-state index < -0.39 is 0 Å². The van der Waals surface area contributed by atoms with Crippen molar-refractivity contribution in [2.24, 2.45) is 0 Å². The Morgan fingerprint density at radius 1 is 1.24 bits per heavy atom. The van der Waals surface area contributed by atoms with Crippen molar-refractivity contribution in [1.29, 1.82) is 0 Å². The van der Waals surface area contributed by atoms with Crippen LogP contribution < -0.4 is 0 Å². The van der Waals surface area contributed by atoms with Gasteiger partial charge in [-0.05, 0) is 45.6 Å². The second kappa shape index (κ2) is 8.37. The summed E-state index contributed by atoms with van der Waals surface area (Å²) in [6.07, 6.45) is 6.47. The third kappa shape index (κ3) is 4.99. The molecule has 0 radical (unpaired) electrons. The molecule has 0 N–H and O–H groups in total. The number of hydrogen-bond donors (Lipinski definition) is 0. The van der Waals surface area contributed by atoms with E-state index in [1.54, 1.807) is 0 Å². The smallest absolute Gasteiger partial charge is 0.305 e. The Labute approximate surface area is 127 Å². The van der Waals surface area contributed by atoms with Crippen molar-refractivity contribution < 1.29 is 14.3 Å². The summed E-state index contributed by atoms with van der Waals surface area (Å²) in [4.78, 5) is 27.5. The minimum atomic E-state index is -0.0799. The van der Waals surface area contributed by atoms with Gasteiger partial charge in [0.25, 0.3) is 0 Å². The van der Waals surface area contributed by atoms with E-state index in [9.17, 15) is 9.59 Å². The lowest BCUT2D eigenvalue weighted by atomic mass is 10.0. The van der Waals surface area contributed by atoms with Gasteiger partial charge in [0.2, 0.25) is 5.91 Å². The molecule has 2 aliphatic heterocycles. The van der Waals surface area contributed by atoms with Gasteiger partial charge in [-0.3, -0.25) is 9.59 Å². The Balaban J connectivity index is 1.57. The summed E-state index contributed by atoms with van der Waals surface area (Å²) in [7, 11) is 0. The lowest BCUT2D eigenvalue weighted by Gasteiger charge is -2.36. The number of ether oxygens (including phenoxy) is 1. The number of carbonyl (C=O) groups excluding carboxylic acids is 2. The molecule has 0 bridgehead atoms. The number of nitrogens with zero attached hydrogens (tertiary/aromatic N) is 2. The summed E-state index contributed by atoms with van der Waals surface area (Å²) < 4.78 is 4.93. The van der Waals surface area contributed by atoms with Gasteiger partial charge in [-0.1, -0.05) is 0 Å². The summed E-state index contributed by atoms with van der Waals surface area (Å²) in [6, 6.07) is 0.468. The minimum absolute atomic E-state index is 0.0799. The van der Waals surface area contributed by atoms with E-state index in [0.717, 1.165) is 64.7 Å². The molecule has 0 aromatic carbocycles. The Bertz CT molecular complexity index is 351. The van der Waals surface area contributed by atoms with Gasteiger partial charge in [0.1, 0.15) is 0 Å². The van der Waals surface area contributed by atoms with Crippen molar-refractivity contribution >= 4 is 11.9 Å². The Hall–Kier alpha value is -1.10. The summed E-state index contributed by atoms with van der Waals surface area (Å²) in [6.45, 7) is 6.49. The van der Waals surface area contributed by atoms with E-state index >= 15 is 0 Å². The number of hydrogen-bond acceptors (Lipinski definition) is 4. The molecule has 2 saturated heterocycles. The van der Waals surface area contributed by atoms with E-state index in [1.807, 2.05) is 6.92 Å². The molecule has 0 aromatic heterocycles. The van der Waals surface area contributed by atoms with Crippen molar-refractivity contribution in [2.45, 2.75) is 57.9 Å². The van der Waals surface area contributed by atoms with Crippen LogP contribution in [-0.4, -0.2) is 60.5 Å². The molecule has 2 rings (SSSR count). The van der Waals surface area contributed by atoms with Crippen LogP contribution in [0.2, 0.25) is 0 Å². The molecule has 5 nitrogen and oxygen atoms in total. The molecular formula is C16H28N2O3. The molecular weight excluding hydrogens is 268 g/mol. The first kappa shape index (κ1) is 16.3. The average Bonchev–Trinajstić information content (AvgIpc) is 2.91. The standard InChI is InChI=1S/C16H28N2O3/c1-2-21-16(20)7-3-4-10-17-12-8-14(9-13-17)18-11-5-6-15(18)19/h14H,2-13H2,1H3. The number of esters is 1. The second-order valence-electron chi connectivity index (χ2n) is 6.03. The van der Waals surface area contributed by atoms with Gasteiger partial charge >= 0.3 is 5.97 Å². The zero-order valence-electron chi connectivity index (χ0n) is 13.2. The molecule has 21 heavy (non-hydrogen) atoms. The fourth-order valence-electron chi connectivity index (χ4n) is 3.35. The first-order valence-corrected chi connectivity index (χ1v) is 8.38. The maximum Gasteiger partial charge on any atom is 0.305 e. The zero-order valence-corrected chi connectivity index (χ0v) is 13.2. The molecule has 0 aliphatic carbocycles. The fourth-order valence-corrected chi connectivity index (χ4v) is 3.35. The molecule has 0 saturated carbocycles. The summed E-state index contributed by atoms with van der Waals surface area (Å²) in [5.41, 5.74) is 0. The normalized spacial score (nSPS) is 21.0. The summed E-state index contributed by atoms with van der Waals surface area (Å²) >= 11 is 0. The number of likely N-dealkylation sites (tertiary alicyclic amines) is 2. The Morgan fingerprint density at radius 3 is 2.62 bits per heavy atom. The van der Waals surface area contributed by atoms with Gasteiger partial charge in [0.05, 0.1) is 6.61 Å². The van der Waals surface area contributed by atoms with E-state index in [1.165, 1.54) is 0 Å². The third-order valence-corrected chi connectivity index (χ3v) is 4.52. The Morgan fingerprint density at radius 2 is 2.00 bits per heavy atom. The van der Waals surface area contributed by atoms with Gasteiger partial charge in [-0.2, -0.15) is 0 Å². The van der Waals surface area contributed by atoms with Crippen molar-refractivity contribution in [1.82, 2.24) is 9.80 Å². The number of rotatable bonds is 7. The monoisotopic (exact) mass is 296 g/mol. The van der Waals surface area contributed by atoms with Crippen molar-refractivity contribution in [3.8, 4) is 0 Å². The van der Waals surface area contributed by atoms with Crippen LogP contribution in [0.25, 0.3) is 0 Å². The van der Waals surface area contributed by atoms with Gasteiger partial charge in [0.15, 0.2) is 0 Å². The van der Waals surface area contributed by atoms with E-state index in [0.29, 0.717) is 25.0 Å². The van der Waals surface area contributed by atoms with Gasteiger partial charge in [-0.15, -0.1) is 0 Å². The quantitative estimate of drug-likeness (QED) is 0.531. The molecule has 0 aromatic rings. The van der Waals surface area contributed by atoms with Crippen LogP contribution in [0.5, 0.6) is 0 Å². The average molecular weight is 296 g/mol. The second-order valence-corrected chi connectivity index (χ2v) is 6.03. The number of unbranched alkanes of at least 4 members (excludes halogenated alkanes) is 1. The molecule has 0 spiro atoms. The summed E-state index contributed by atoms with van der Waals surface area (Å²) in [5.74, 6) is 0.270. The van der Waals surface area contributed by atoms with Crippen molar-refractivity contribution in [3.05, 3.63) is 0 Å². The molecule has 5 heteroatoms. The van der Waals surface area contributed by atoms with Crippen LogP contribution in [0.1, 0.15) is 51.9 Å². The van der Waals surface area contributed by atoms with Gasteiger partial charge in [-0.25, -0.2) is 0 Å². The molecule has 0 atom stereocenters. The maximum absolute atomic E-state index is 11.8. The van der Waals surface area contributed by atoms with Crippen LogP contribution in [0.3, 0.4) is 0 Å². The highest BCUT2D eigenvalue weighted by molar-refractivity contribution is 5.78. The minimum Gasteiger partial charge on any atom is -0.466 e. The first-order valence-electron chi connectivity index (χ1n) is 8.38. The number of carbonyl (C=O) groups is 2. The summed E-state index contributed by atoms with van der Waals surface area (Å²) in [5, 5.41) is 0. The highest BCUT2D eigenvalue weighted by Gasteiger charge is 2.30. The third-order valence-electron chi connectivity index (χ3n) is 4.52. The van der Waals surface area contributed by atoms with Crippen LogP contribution in [0.15, 0.2) is 0 Å². The lowest BCUT2D eigenvalue weighted by molar-refractivity contribution is -0.143.